The van der Waals surface area contributed by atoms with Gasteiger partial charge in [-0.1, -0.05) is 12.8 Å². The van der Waals surface area contributed by atoms with Gasteiger partial charge in [0.15, 0.2) is 5.13 Å². The van der Waals surface area contributed by atoms with Crippen LogP contribution in [0.1, 0.15) is 49.1 Å². The molecule has 3 N–H and O–H groups in total. The smallest absolute Gasteiger partial charge is 0.233 e. The van der Waals surface area contributed by atoms with Crippen LogP contribution in [0.25, 0.3) is 0 Å². The van der Waals surface area contributed by atoms with E-state index in [1.165, 1.54) is 36.3 Å². The van der Waals surface area contributed by atoms with Gasteiger partial charge in [-0.15, -0.1) is 11.3 Å². The first-order valence-electron chi connectivity index (χ1n) is 8.31. The van der Waals surface area contributed by atoms with Crippen LogP contribution >= 0.6 is 11.3 Å². The number of carbonyl (C=O) groups excluding carboxylic acids is 1. The van der Waals surface area contributed by atoms with Gasteiger partial charge in [0.2, 0.25) is 5.91 Å². The van der Waals surface area contributed by atoms with E-state index in [4.69, 9.17) is 10.5 Å². The van der Waals surface area contributed by atoms with Crippen molar-refractivity contribution in [1.29, 1.82) is 0 Å². The van der Waals surface area contributed by atoms with Crippen LogP contribution in [0.4, 0.5) is 5.13 Å². The monoisotopic (exact) mass is 323 g/mol. The number of nitrogens with zero attached hydrogens (tertiary/aromatic N) is 1. The van der Waals surface area contributed by atoms with Crippen molar-refractivity contribution in [1.82, 2.24) is 4.98 Å². The summed E-state index contributed by atoms with van der Waals surface area (Å²) in [7, 11) is 0. The molecule has 2 aliphatic rings. The summed E-state index contributed by atoms with van der Waals surface area (Å²) in [4.78, 5) is 18.7. The molecule has 5 nitrogen and oxygen atoms in total. The summed E-state index contributed by atoms with van der Waals surface area (Å²) in [5.74, 6) is 0.0139. The fourth-order valence-corrected chi connectivity index (χ4v) is 4.32. The SMILES string of the molecule is NCC1(C(=O)Nc2nc3c(s2)CCCCCC3)CCOCC1. The maximum atomic E-state index is 12.7. The Morgan fingerprint density at radius 1 is 1.23 bits per heavy atom. The molecule has 1 aliphatic carbocycles. The van der Waals surface area contributed by atoms with Crippen LogP contribution < -0.4 is 11.1 Å². The molecule has 0 bridgehead atoms. The molecule has 3 rings (SSSR count). The number of aromatic nitrogens is 1. The number of nitrogens with one attached hydrogen (secondary N) is 1. The molecule has 0 unspecified atom stereocenters. The Hall–Kier alpha value is -0.980. The largest absolute Gasteiger partial charge is 0.381 e. The number of aryl methyl sites for hydroxylation is 2. The summed E-state index contributed by atoms with van der Waals surface area (Å²) in [5, 5.41) is 3.78. The van der Waals surface area contributed by atoms with Crippen molar-refractivity contribution in [2.45, 2.75) is 51.4 Å². The van der Waals surface area contributed by atoms with Gasteiger partial charge in [0.05, 0.1) is 11.1 Å². The predicted molar refractivity (Wildman–Crippen MR) is 88.2 cm³/mol. The number of thiazole rings is 1. The Balaban J connectivity index is 1.72. The zero-order valence-electron chi connectivity index (χ0n) is 13.0. The first kappa shape index (κ1) is 15.9. The number of anilines is 1. The number of hydrogen-bond acceptors (Lipinski definition) is 5. The molecule has 1 fully saturated rings. The molecule has 1 aliphatic heterocycles. The Morgan fingerprint density at radius 2 is 1.95 bits per heavy atom. The fraction of sp³-hybridized carbons (Fsp3) is 0.750. The van der Waals surface area contributed by atoms with E-state index < -0.39 is 5.41 Å². The molecule has 122 valence electrons. The summed E-state index contributed by atoms with van der Waals surface area (Å²) in [6.07, 6.45) is 8.54. The van der Waals surface area contributed by atoms with Crippen LogP contribution in [0.2, 0.25) is 0 Å². The number of carbonyl (C=O) groups is 1. The van der Waals surface area contributed by atoms with Crippen molar-refractivity contribution < 1.29 is 9.53 Å². The van der Waals surface area contributed by atoms with Gasteiger partial charge in [-0.05, 0) is 38.5 Å². The van der Waals surface area contributed by atoms with Crippen molar-refractivity contribution in [2.75, 3.05) is 25.1 Å². The lowest BCUT2D eigenvalue weighted by molar-refractivity contribution is -0.130. The third kappa shape index (κ3) is 3.34. The molecule has 0 radical (unpaired) electrons. The average molecular weight is 323 g/mol. The van der Waals surface area contributed by atoms with Gasteiger partial charge in [0.25, 0.3) is 0 Å². The Kier molecular flexibility index (Phi) is 5.10. The predicted octanol–water partition coefficient (Wildman–Crippen LogP) is 2.50. The third-order valence-corrected chi connectivity index (χ3v) is 5.96. The van der Waals surface area contributed by atoms with Crippen LogP contribution in [0.15, 0.2) is 0 Å². The number of rotatable bonds is 3. The molecule has 0 aromatic carbocycles. The van der Waals surface area contributed by atoms with Crippen LogP contribution in [-0.4, -0.2) is 30.6 Å². The maximum absolute atomic E-state index is 12.7. The summed E-state index contributed by atoms with van der Waals surface area (Å²) in [6, 6.07) is 0. The highest BCUT2D eigenvalue weighted by atomic mass is 32.1. The molecular formula is C16H25N3O2S. The average Bonchev–Trinajstić information content (AvgIpc) is 2.89. The molecular weight excluding hydrogens is 298 g/mol. The molecule has 22 heavy (non-hydrogen) atoms. The van der Waals surface area contributed by atoms with Gasteiger partial charge in [0.1, 0.15) is 0 Å². The highest BCUT2D eigenvalue weighted by Gasteiger charge is 2.39. The fourth-order valence-electron chi connectivity index (χ4n) is 3.27. The van der Waals surface area contributed by atoms with Crippen molar-refractivity contribution in [3.63, 3.8) is 0 Å². The Morgan fingerprint density at radius 3 is 2.68 bits per heavy atom. The van der Waals surface area contributed by atoms with Gasteiger partial charge in [-0.2, -0.15) is 0 Å². The Labute approximate surface area is 135 Å². The van der Waals surface area contributed by atoms with Crippen LogP contribution in [0.3, 0.4) is 0 Å². The number of nitrogens with two attached hydrogens (primary N) is 1. The second kappa shape index (κ2) is 7.06. The van der Waals surface area contributed by atoms with E-state index >= 15 is 0 Å². The molecule has 1 saturated heterocycles. The van der Waals surface area contributed by atoms with Gasteiger partial charge in [0, 0.05) is 24.6 Å². The minimum absolute atomic E-state index is 0.0139. The molecule has 0 spiro atoms. The van der Waals surface area contributed by atoms with E-state index in [-0.39, 0.29) is 5.91 Å². The molecule has 2 heterocycles. The molecule has 1 aromatic heterocycles. The highest BCUT2D eigenvalue weighted by molar-refractivity contribution is 7.15. The number of ether oxygens (including phenoxy) is 1. The zero-order valence-corrected chi connectivity index (χ0v) is 13.8. The standard InChI is InChI=1S/C16H25N3O2S/c17-11-16(7-9-21-10-8-16)14(20)19-15-18-12-5-3-1-2-4-6-13(12)22-15/h1-11,17H2,(H,18,19,20). The topological polar surface area (TPSA) is 77.2 Å². The van der Waals surface area contributed by atoms with E-state index in [0.717, 1.165) is 18.0 Å². The first-order chi connectivity index (χ1) is 10.7. The number of hydrogen-bond donors (Lipinski definition) is 2. The van der Waals surface area contributed by atoms with Gasteiger partial charge >= 0.3 is 0 Å². The number of amides is 1. The van der Waals surface area contributed by atoms with E-state index in [1.807, 2.05) is 0 Å². The summed E-state index contributed by atoms with van der Waals surface area (Å²) < 4.78 is 5.37. The second-order valence-corrected chi connectivity index (χ2v) is 7.44. The van der Waals surface area contributed by atoms with Gasteiger partial charge < -0.3 is 15.8 Å². The molecule has 0 atom stereocenters. The highest BCUT2D eigenvalue weighted by Crippen LogP contribution is 2.33. The summed E-state index contributed by atoms with van der Waals surface area (Å²) in [5.41, 5.74) is 6.60. The lowest BCUT2D eigenvalue weighted by Crippen LogP contribution is -2.46. The van der Waals surface area contributed by atoms with E-state index in [2.05, 4.69) is 10.3 Å². The van der Waals surface area contributed by atoms with E-state index in [0.29, 0.717) is 32.6 Å². The van der Waals surface area contributed by atoms with Crippen molar-refractivity contribution in [2.24, 2.45) is 11.1 Å². The van der Waals surface area contributed by atoms with Crippen molar-refractivity contribution in [3.8, 4) is 0 Å². The quantitative estimate of drug-likeness (QED) is 0.896. The molecule has 6 heteroatoms. The minimum atomic E-state index is -0.488. The first-order valence-corrected chi connectivity index (χ1v) is 9.13. The van der Waals surface area contributed by atoms with E-state index in [1.54, 1.807) is 11.3 Å². The molecule has 1 aromatic rings. The maximum Gasteiger partial charge on any atom is 0.233 e. The second-order valence-electron chi connectivity index (χ2n) is 6.35. The minimum Gasteiger partial charge on any atom is -0.381 e. The zero-order chi connectivity index (χ0) is 15.4. The normalized spacial score (nSPS) is 21.5. The van der Waals surface area contributed by atoms with E-state index in [9.17, 15) is 4.79 Å². The van der Waals surface area contributed by atoms with Crippen LogP contribution in [-0.2, 0) is 22.4 Å². The lowest BCUT2D eigenvalue weighted by atomic mass is 9.79. The Bertz CT molecular complexity index is 498. The summed E-state index contributed by atoms with van der Waals surface area (Å²) in [6.45, 7) is 1.59. The summed E-state index contributed by atoms with van der Waals surface area (Å²) >= 11 is 1.64. The molecule has 1 amide bonds. The number of fused-ring (bicyclic) bond motifs is 1. The van der Waals surface area contributed by atoms with Gasteiger partial charge in [-0.25, -0.2) is 4.98 Å². The van der Waals surface area contributed by atoms with Crippen LogP contribution in [0, 0.1) is 5.41 Å². The van der Waals surface area contributed by atoms with Crippen molar-refractivity contribution in [3.05, 3.63) is 10.6 Å². The lowest BCUT2D eigenvalue weighted by Gasteiger charge is -2.34. The van der Waals surface area contributed by atoms with Gasteiger partial charge in [-0.3, -0.25) is 4.79 Å². The van der Waals surface area contributed by atoms with Crippen molar-refractivity contribution >= 4 is 22.4 Å². The third-order valence-electron chi connectivity index (χ3n) is 4.89. The van der Waals surface area contributed by atoms with Crippen LogP contribution in [0.5, 0.6) is 0 Å². The molecule has 0 saturated carbocycles.